The van der Waals surface area contributed by atoms with Gasteiger partial charge < -0.3 is 5.11 Å². The third-order valence-electron chi connectivity index (χ3n) is 2.42. The SMILES string of the molecule is Cc1c(-c2ccc(Cl)cc2)sc(Cl)c1C(=O)O. The molecule has 0 saturated carbocycles. The fourth-order valence-corrected chi connectivity index (χ4v) is 3.21. The predicted molar refractivity (Wildman–Crippen MR) is 71.5 cm³/mol. The van der Waals surface area contributed by atoms with E-state index in [-0.39, 0.29) is 5.56 Å². The lowest BCUT2D eigenvalue weighted by molar-refractivity contribution is 0.0697. The zero-order chi connectivity index (χ0) is 12.6. The Morgan fingerprint density at radius 2 is 1.82 bits per heavy atom. The van der Waals surface area contributed by atoms with Gasteiger partial charge in [0.1, 0.15) is 4.34 Å². The molecule has 2 aromatic rings. The molecule has 0 aliphatic heterocycles. The Morgan fingerprint density at radius 1 is 1.24 bits per heavy atom. The van der Waals surface area contributed by atoms with Crippen LogP contribution in [-0.2, 0) is 0 Å². The Bertz CT molecular complexity index is 573. The minimum Gasteiger partial charge on any atom is -0.478 e. The van der Waals surface area contributed by atoms with Crippen LogP contribution in [0.3, 0.4) is 0 Å². The zero-order valence-electron chi connectivity index (χ0n) is 8.83. The normalized spacial score (nSPS) is 10.5. The van der Waals surface area contributed by atoms with Gasteiger partial charge in [0.15, 0.2) is 0 Å². The molecule has 1 aromatic heterocycles. The van der Waals surface area contributed by atoms with Crippen molar-refractivity contribution in [3.63, 3.8) is 0 Å². The van der Waals surface area contributed by atoms with Gasteiger partial charge in [-0.05, 0) is 30.2 Å². The summed E-state index contributed by atoms with van der Waals surface area (Å²) in [7, 11) is 0. The molecule has 1 aromatic carbocycles. The summed E-state index contributed by atoms with van der Waals surface area (Å²) in [5, 5.41) is 9.70. The maximum atomic E-state index is 11.0. The van der Waals surface area contributed by atoms with Crippen LogP contribution in [0.2, 0.25) is 9.36 Å². The van der Waals surface area contributed by atoms with E-state index in [1.54, 1.807) is 19.1 Å². The Kier molecular flexibility index (Phi) is 3.43. The molecule has 2 rings (SSSR count). The predicted octanol–water partition coefficient (Wildman–Crippen LogP) is 4.73. The largest absolute Gasteiger partial charge is 0.478 e. The molecule has 0 spiro atoms. The first-order chi connectivity index (χ1) is 8.00. The molecule has 0 amide bonds. The van der Waals surface area contributed by atoms with Crippen LogP contribution < -0.4 is 0 Å². The molecule has 1 N–H and O–H groups in total. The third kappa shape index (κ3) is 2.32. The van der Waals surface area contributed by atoms with Crippen molar-refractivity contribution in [1.82, 2.24) is 0 Å². The molecule has 5 heteroatoms. The molecule has 0 bridgehead atoms. The van der Waals surface area contributed by atoms with Gasteiger partial charge in [-0.2, -0.15) is 0 Å². The van der Waals surface area contributed by atoms with Crippen LogP contribution in [0.5, 0.6) is 0 Å². The molecule has 0 aliphatic carbocycles. The molecule has 0 radical (unpaired) electrons. The van der Waals surface area contributed by atoms with Crippen molar-refractivity contribution in [1.29, 1.82) is 0 Å². The van der Waals surface area contributed by atoms with Crippen molar-refractivity contribution in [3.8, 4) is 10.4 Å². The van der Waals surface area contributed by atoms with E-state index >= 15 is 0 Å². The van der Waals surface area contributed by atoms with Crippen molar-refractivity contribution in [2.75, 3.05) is 0 Å². The Hall–Kier alpha value is -1.03. The Labute approximate surface area is 112 Å². The highest BCUT2D eigenvalue weighted by molar-refractivity contribution is 7.20. The van der Waals surface area contributed by atoms with Crippen molar-refractivity contribution in [2.24, 2.45) is 0 Å². The molecule has 0 aliphatic rings. The number of aromatic carboxylic acids is 1. The van der Waals surface area contributed by atoms with E-state index in [4.69, 9.17) is 28.3 Å². The quantitative estimate of drug-likeness (QED) is 0.867. The van der Waals surface area contributed by atoms with E-state index < -0.39 is 5.97 Å². The van der Waals surface area contributed by atoms with Gasteiger partial charge in [-0.3, -0.25) is 0 Å². The Morgan fingerprint density at radius 3 is 2.29 bits per heavy atom. The monoisotopic (exact) mass is 286 g/mol. The maximum absolute atomic E-state index is 11.0. The first-order valence-electron chi connectivity index (χ1n) is 4.79. The summed E-state index contributed by atoms with van der Waals surface area (Å²) in [6, 6.07) is 7.24. The highest BCUT2D eigenvalue weighted by atomic mass is 35.5. The summed E-state index contributed by atoms with van der Waals surface area (Å²) >= 11 is 13.0. The highest BCUT2D eigenvalue weighted by Gasteiger charge is 2.19. The number of benzene rings is 1. The van der Waals surface area contributed by atoms with Crippen molar-refractivity contribution >= 4 is 40.5 Å². The van der Waals surface area contributed by atoms with Crippen LogP contribution >= 0.6 is 34.5 Å². The molecule has 2 nitrogen and oxygen atoms in total. The third-order valence-corrected chi connectivity index (χ3v) is 4.23. The second kappa shape index (κ2) is 4.69. The topological polar surface area (TPSA) is 37.3 Å². The van der Waals surface area contributed by atoms with Crippen LogP contribution in [0.1, 0.15) is 15.9 Å². The summed E-state index contributed by atoms with van der Waals surface area (Å²) in [6.07, 6.45) is 0. The number of carboxylic acid groups (broad SMARTS) is 1. The lowest BCUT2D eigenvalue weighted by Crippen LogP contribution is -1.97. The zero-order valence-corrected chi connectivity index (χ0v) is 11.2. The summed E-state index contributed by atoms with van der Waals surface area (Å²) in [5.74, 6) is -0.996. The number of carboxylic acids is 1. The fraction of sp³-hybridized carbons (Fsp3) is 0.0833. The second-order valence-corrected chi connectivity index (χ2v) is 5.58. The van der Waals surface area contributed by atoms with E-state index in [0.717, 1.165) is 10.4 Å². The number of carbonyl (C=O) groups is 1. The molecule has 17 heavy (non-hydrogen) atoms. The molecular formula is C12H8Cl2O2S. The van der Waals surface area contributed by atoms with E-state index in [1.807, 2.05) is 12.1 Å². The lowest BCUT2D eigenvalue weighted by atomic mass is 10.1. The smallest absolute Gasteiger partial charge is 0.338 e. The van der Waals surface area contributed by atoms with Gasteiger partial charge in [-0.25, -0.2) is 4.79 Å². The minimum absolute atomic E-state index is 0.182. The van der Waals surface area contributed by atoms with E-state index in [1.165, 1.54) is 11.3 Å². The van der Waals surface area contributed by atoms with E-state index in [0.29, 0.717) is 14.9 Å². The number of hydrogen-bond acceptors (Lipinski definition) is 2. The Balaban J connectivity index is 2.57. The fourth-order valence-electron chi connectivity index (χ4n) is 1.60. The van der Waals surface area contributed by atoms with Gasteiger partial charge in [-0.15, -0.1) is 11.3 Å². The second-order valence-electron chi connectivity index (χ2n) is 3.52. The van der Waals surface area contributed by atoms with Crippen LogP contribution in [0.4, 0.5) is 0 Å². The lowest BCUT2D eigenvalue weighted by Gasteiger charge is -2.00. The van der Waals surface area contributed by atoms with E-state index in [2.05, 4.69) is 0 Å². The van der Waals surface area contributed by atoms with Crippen LogP contribution in [-0.4, -0.2) is 11.1 Å². The van der Waals surface area contributed by atoms with Gasteiger partial charge in [0, 0.05) is 9.90 Å². The first-order valence-corrected chi connectivity index (χ1v) is 6.36. The average molecular weight is 287 g/mol. The number of halogens is 2. The molecule has 0 fully saturated rings. The molecule has 0 atom stereocenters. The highest BCUT2D eigenvalue weighted by Crippen LogP contribution is 2.39. The van der Waals surface area contributed by atoms with Crippen molar-refractivity contribution < 1.29 is 9.90 Å². The number of hydrogen-bond donors (Lipinski definition) is 1. The maximum Gasteiger partial charge on any atom is 0.338 e. The van der Waals surface area contributed by atoms with Gasteiger partial charge in [0.25, 0.3) is 0 Å². The van der Waals surface area contributed by atoms with Gasteiger partial charge in [0.05, 0.1) is 5.56 Å². The van der Waals surface area contributed by atoms with Crippen LogP contribution in [0.25, 0.3) is 10.4 Å². The van der Waals surface area contributed by atoms with Gasteiger partial charge in [0.2, 0.25) is 0 Å². The van der Waals surface area contributed by atoms with Gasteiger partial charge in [-0.1, -0.05) is 35.3 Å². The van der Waals surface area contributed by atoms with Crippen LogP contribution in [0, 0.1) is 6.92 Å². The first kappa shape index (κ1) is 12.4. The number of thiophene rings is 1. The summed E-state index contributed by atoms with van der Waals surface area (Å²) in [5.41, 5.74) is 1.79. The minimum atomic E-state index is -0.996. The number of rotatable bonds is 2. The van der Waals surface area contributed by atoms with Gasteiger partial charge >= 0.3 is 5.97 Å². The molecule has 88 valence electrons. The average Bonchev–Trinajstić information content (AvgIpc) is 2.55. The van der Waals surface area contributed by atoms with Crippen molar-refractivity contribution in [3.05, 3.63) is 44.8 Å². The molecule has 1 heterocycles. The standard InChI is InChI=1S/C12H8Cl2O2S/c1-6-9(12(15)16)11(14)17-10(6)7-2-4-8(13)5-3-7/h2-5H,1H3,(H,15,16). The summed E-state index contributed by atoms with van der Waals surface area (Å²) in [6.45, 7) is 1.76. The molecule has 0 saturated heterocycles. The summed E-state index contributed by atoms with van der Waals surface area (Å²) in [4.78, 5) is 11.9. The van der Waals surface area contributed by atoms with Crippen LogP contribution in [0.15, 0.2) is 24.3 Å². The molecule has 0 unspecified atom stereocenters. The molecular weight excluding hydrogens is 279 g/mol. The van der Waals surface area contributed by atoms with Crippen molar-refractivity contribution in [2.45, 2.75) is 6.92 Å². The van der Waals surface area contributed by atoms with E-state index in [9.17, 15) is 4.79 Å². The summed E-state index contributed by atoms with van der Waals surface area (Å²) < 4.78 is 0.306.